The van der Waals surface area contributed by atoms with Crippen molar-refractivity contribution in [3.05, 3.63) is 109 Å². The van der Waals surface area contributed by atoms with Crippen LogP contribution in [0, 0.1) is 0 Å². The number of hydrogen-bond acceptors (Lipinski definition) is 2. The van der Waals surface area contributed by atoms with E-state index in [1.807, 2.05) is 24.3 Å². The van der Waals surface area contributed by atoms with Crippen LogP contribution in [0.2, 0.25) is 0 Å². The number of fused-ring (bicyclic) bond motifs is 5. The van der Waals surface area contributed by atoms with Gasteiger partial charge in [-0.2, -0.15) is 0 Å². The highest BCUT2D eigenvalue weighted by molar-refractivity contribution is 6.08. The summed E-state index contributed by atoms with van der Waals surface area (Å²) >= 11 is 0. The van der Waals surface area contributed by atoms with E-state index in [9.17, 15) is 0 Å². The number of oxazole rings is 1. The third-order valence-electron chi connectivity index (χ3n) is 5.37. The van der Waals surface area contributed by atoms with Gasteiger partial charge in [0, 0.05) is 16.8 Å². The molecule has 138 valence electrons. The van der Waals surface area contributed by atoms with Crippen molar-refractivity contribution in [3.8, 4) is 0 Å². The molecule has 6 rings (SSSR count). The highest BCUT2D eigenvalue weighted by Gasteiger charge is 2.24. The average Bonchev–Trinajstić information content (AvgIpc) is 3.31. The minimum atomic E-state index is 0.847. The predicted molar refractivity (Wildman–Crippen MR) is 119 cm³/mol. The van der Waals surface area contributed by atoms with Crippen molar-refractivity contribution in [1.29, 1.82) is 0 Å². The van der Waals surface area contributed by atoms with Gasteiger partial charge in [0.2, 0.25) is 5.71 Å². The first-order valence-corrected chi connectivity index (χ1v) is 9.73. The molecule has 0 aliphatic rings. The maximum Gasteiger partial charge on any atom is 0.230 e. The van der Waals surface area contributed by atoms with E-state index in [-0.39, 0.29) is 0 Å². The molecular formula is C26H18N2O. The van der Waals surface area contributed by atoms with E-state index in [1.54, 1.807) is 0 Å². The summed E-state index contributed by atoms with van der Waals surface area (Å²) in [7, 11) is 0. The van der Waals surface area contributed by atoms with E-state index in [1.165, 1.54) is 0 Å². The SMILES string of the molecule is c1ccc(N(c2ccccc2)c2c3ccccc3n3c2oc2ccccc23)cc1. The number of nitrogens with zero attached hydrogens (tertiary/aromatic N) is 2. The van der Waals surface area contributed by atoms with Crippen molar-refractivity contribution in [3.63, 3.8) is 0 Å². The molecule has 0 saturated carbocycles. The molecular weight excluding hydrogens is 356 g/mol. The number of anilines is 3. The fourth-order valence-corrected chi connectivity index (χ4v) is 4.14. The second-order valence-corrected chi connectivity index (χ2v) is 7.08. The van der Waals surface area contributed by atoms with Crippen molar-refractivity contribution in [2.75, 3.05) is 4.90 Å². The summed E-state index contributed by atoms with van der Waals surface area (Å²) in [5, 5.41) is 1.16. The van der Waals surface area contributed by atoms with Gasteiger partial charge in [-0.05, 0) is 42.5 Å². The first-order valence-electron chi connectivity index (χ1n) is 9.73. The molecule has 0 amide bonds. The van der Waals surface area contributed by atoms with Gasteiger partial charge in [0.1, 0.15) is 5.69 Å². The van der Waals surface area contributed by atoms with E-state index in [2.05, 4.69) is 94.2 Å². The van der Waals surface area contributed by atoms with Crippen LogP contribution in [0.3, 0.4) is 0 Å². The Morgan fingerprint density at radius 3 is 1.79 bits per heavy atom. The largest absolute Gasteiger partial charge is 0.436 e. The Morgan fingerprint density at radius 2 is 1.10 bits per heavy atom. The van der Waals surface area contributed by atoms with Crippen LogP contribution >= 0.6 is 0 Å². The number of rotatable bonds is 3. The third kappa shape index (κ3) is 2.38. The highest BCUT2D eigenvalue weighted by atomic mass is 16.3. The number of hydrogen-bond donors (Lipinski definition) is 0. The summed E-state index contributed by atoms with van der Waals surface area (Å²) in [4.78, 5) is 2.28. The summed E-state index contributed by atoms with van der Waals surface area (Å²) in [6.45, 7) is 0. The van der Waals surface area contributed by atoms with Crippen LogP contribution in [-0.4, -0.2) is 4.40 Å². The minimum Gasteiger partial charge on any atom is -0.436 e. The van der Waals surface area contributed by atoms with Crippen LogP contribution in [0.25, 0.3) is 27.7 Å². The van der Waals surface area contributed by atoms with Gasteiger partial charge in [-0.3, -0.25) is 4.40 Å². The van der Waals surface area contributed by atoms with Crippen molar-refractivity contribution in [2.45, 2.75) is 0 Å². The topological polar surface area (TPSA) is 20.8 Å². The van der Waals surface area contributed by atoms with Gasteiger partial charge in [-0.1, -0.05) is 66.7 Å². The minimum absolute atomic E-state index is 0.847. The van der Waals surface area contributed by atoms with Crippen LogP contribution in [-0.2, 0) is 0 Å². The standard InChI is InChI=1S/C26H18N2O/c1-3-11-19(12-4-1)27(20-13-5-2-6-14-20)25-21-15-7-8-16-22(21)28-23-17-9-10-18-24(23)29-26(25)28/h1-18H. The molecule has 6 aromatic rings. The lowest BCUT2D eigenvalue weighted by atomic mass is 10.1. The molecule has 2 aromatic heterocycles. The van der Waals surface area contributed by atoms with Gasteiger partial charge in [0.15, 0.2) is 5.58 Å². The number of para-hydroxylation sites is 5. The first kappa shape index (κ1) is 16.0. The van der Waals surface area contributed by atoms with Gasteiger partial charge < -0.3 is 9.32 Å². The molecule has 0 radical (unpaired) electrons. The molecule has 2 heterocycles. The van der Waals surface area contributed by atoms with Crippen molar-refractivity contribution in [1.82, 2.24) is 4.40 Å². The van der Waals surface area contributed by atoms with Crippen LogP contribution in [0.5, 0.6) is 0 Å². The Balaban J connectivity index is 1.78. The third-order valence-corrected chi connectivity index (χ3v) is 5.37. The predicted octanol–water partition coefficient (Wildman–Crippen LogP) is 7.31. The molecule has 0 N–H and O–H groups in total. The molecule has 3 heteroatoms. The molecule has 29 heavy (non-hydrogen) atoms. The molecule has 0 bridgehead atoms. The zero-order valence-electron chi connectivity index (χ0n) is 15.7. The summed E-state index contributed by atoms with van der Waals surface area (Å²) in [6.07, 6.45) is 0. The number of benzene rings is 4. The fraction of sp³-hybridized carbons (Fsp3) is 0. The molecule has 0 fully saturated rings. The van der Waals surface area contributed by atoms with Crippen LogP contribution < -0.4 is 4.90 Å². The second kappa shape index (κ2) is 6.28. The van der Waals surface area contributed by atoms with Gasteiger partial charge in [-0.15, -0.1) is 0 Å². The van der Waals surface area contributed by atoms with Crippen molar-refractivity contribution in [2.24, 2.45) is 0 Å². The molecule has 0 spiro atoms. The summed E-state index contributed by atoms with van der Waals surface area (Å²) in [5.41, 5.74) is 7.19. The Bertz CT molecular complexity index is 1410. The molecule has 0 saturated heterocycles. The number of aromatic nitrogens is 1. The first-order chi connectivity index (χ1) is 14.4. The molecule has 3 nitrogen and oxygen atoms in total. The summed E-state index contributed by atoms with van der Waals surface area (Å²) in [6, 6.07) is 37.6. The van der Waals surface area contributed by atoms with Crippen molar-refractivity contribution >= 4 is 44.8 Å². The van der Waals surface area contributed by atoms with Crippen LogP contribution in [0.4, 0.5) is 17.1 Å². The zero-order chi connectivity index (χ0) is 19.2. The second-order valence-electron chi connectivity index (χ2n) is 7.08. The smallest absolute Gasteiger partial charge is 0.230 e. The lowest BCUT2D eigenvalue weighted by Gasteiger charge is -2.24. The molecule has 0 aliphatic carbocycles. The lowest BCUT2D eigenvalue weighted by molar-refractivity contribution is 0.657. The van der Waals surface area contributed by atoms with E-state index in [0.29, 0.717) is 0 Å². The normalized spacial score (nSPS) is 11.4. The van der Waals surface area contributed by atoms with Crippen LogP contribution in [0.15, 0.2) is 114 Å². The average molecular weight is 374 g/mol. The van der Waals surface area contributed by atoms with Crippen molar-refractivity contribution < 1.29 is 4.42 Å². The highest BCUT2D eigenvalue weighted by Crippen LogP contribution is 2.44. The molecule has 0 aliphatic heterocycles. The van der Waals surface area contributed by atoms with E-state index in [4.69, 9.17) is 4.42 Å². The maximum atomic E-state index is 6.41. The van der Waals surface area contributed by atoms with Gasteiger partial charge in [0.05, 0.1) is 11.0 Å². The summed E-state index contributed by atoms with van der Waals surface area (Å²) in [5.74, 6) is 0. The lowest BCUT2D eigenvalue weighted by Crippen LogP contribution is -2.09. The Kier molecular flexibility index (Phi) is 3.47. The Hall–Kier alpha value is -3.98. The van der Waals surface area contributed by atoms with Gasteiger partial charge in [-0.25, -0.2) is 0 Å². The van der Waals surface area contributed by atoms with Gasteiger partial charge >= 0.3 is 0 Å². The molecule has 4 aromatic carbocycles. The summed E-state index contributed by atoms with van der Waals surface area (Å²) < 4.78 is 8.63. The van der Waals surface area contributed by atoms with Gasteiger partial charge in [0.25, 0.3) is 0 Å². The molecule has 0 unspecified atom stereocenters. The molecule has 0 atom stereocenters. The Labute approximate surface area is 168 Å². The maximum absolute atomic E-state index is 6.41. The quantitative estimate of drug-likeness (QED) is 0.324. The van der Waals surface area contributed by atoms with E-state index >= 15 is 0 Å². The van der Waals surface area contributed by atoms with E-state index < -0.39 is 0 Å². The fourth-order valence-electron chi connectivity index (χ4n) is 4.14. The monoisotopic (exact) mass is 374 g/mol. The Morgan fingerprint density at radius 1 is 0.552 bits per heavy atom. The van der Waals surface area contributed by atoms with E-state index in [0.717, 1.165) is 44.8 Å². The van der Waals surface area contributed by atoms with Crippen LogP contribution in [0.1, 0.15) is 0 Å². The zero-order valence-corrected chi connectivity index (χ0v) is 15.7.